The summed E-state index contributed by atoms with van der Waals surface area (Å²) >= 11 is 0. The Hall–Kier alpha value is -2.21. The van der Waals surface area contributed by atoms with Crippen molar-refractivity contribution in [2.75, 3.05) is 6.54 Å². The highest BCUT2D eigenvalue weighted by Crippen LogP contribution is 2.48. The topological polar surface area (TPSA) is 88.2 Å². The molecule has 3 fully saturated rings. The van der Waals surface area contributed by atoms with Crippen molar-refractivity contribution in [1.29, 1.82) is 0 Å². The van der Waals surface area contributed by atoms with Gasteiger partial charge in [0.25, 0.3) is 0 Å². The lowest BCUT2D eigenvalue weighted by molar-refractivity contribution is -0.142. The average Bonchev–Trinajstić information content (AvgIpc) is 3.64. The number of carboxylic acid groups (broad SMARTS) is 1. The Morgan fingerprint density at radius 1 is 1.18 bits per heavy atom. The average molecular weight is 381 g/mol. The number of rotatable bonds is 7. The van der Waals surface area contributed by atoms with E-state index < -0.39 is 5.97 Å². The molecule has 1 aromatic heterocycles. The van der Waals surface area contributed by atoms with Crippen molar-refractivity contribution in [3.05, 3.63) is 47.6 Å². The van der Waals surface area contributed by atoms with Crippen LogP contribution in [0.4, 0.5) is 0 Å². The smallest absolute Gasteiger partial charge is 0.306 e. The van der Waals surface area contributed by atoms with Gasteiger partial charge in [0.2, 0.25) is 5.89 Å². The van der Waals surface area contributed by atoms with Gasteiger partial charge < -0.3 is 14.9 Å². The van der Waals surface area contributed by atoms with Crippen LogP contribution in [0.15, 0.2) is 34.9 Å². The molecule has 6 heteroatoms. The Morgan fingerprint density at radius 3 is 2.61 bits per heavy atom. The Bertz CT molecular complexity index is 838. The highest BCUT2D eigenvalue weighted by Gasteiger charge is 2.50. The first kappa shape index (κ1) is 17.9. The Labute approximate surface area is 164 Å². The number of aromatic nitrogens is 2. The maximum atomic E-state index is 11.1. The number of hydrogen-bond acceptors (Lipinski definition) is 5. The number of benzene rings is 1. The summed E-state index contributed by atoms with van der Waals surface area (Å²) in [5, 5.41) is 17.2. The predicted octanol–water partition coefficient (Wildman–Crippen LogP) is 3.61. The molecule has 0 saturated heterocycles. The molecule has 28 heavy (non-hydrogen) atoms. The third-order valence-corrected chi connectivity index (χ3v) is 6.92. The van der Waals surface area contributed by atoms with Gasteiger partial charge >= 0.3 is 5.97 Å². The Morgan fingerprint density at radius 2 is 1.93 bits per heavy atom. The van der Waals surface area contributed by atoms with Crippen molar-refractivity contribution in [2.24, 2.45) is 5.92 Å². The van der Waals surface area contributed by atoms with Gasteiger partial charge in [-0.2, -0.15) is 4.98 Å². The molecule has 1 aromatic carbocycles. The van der Waals surface area contributed by atoms with Crippen LogP contribution in [0.5, 0.6) is 0 Å². The van der Waals surface area contributed by atoms with Gasteiger partial charge in [0.1, 0.15) is 0 Å². The lowest BCUT2D eigenvalue weighted by atomic mass is 9.82. The zero-order valence-corrected chi connectivity index (χ0v) is 16.0. The molecule has 0 radical (unpaired) electrons. The zero-order chi connectivity index (χ0) is 19.1. The fourth-order valence-electron chi connectivity index (χ4n) is 4.65. The normalized spacial score (nSPS) is 30.7. The predicted molar refractivity (Wildman–Crippen MR) is 103 cm³/mol. The summed E-state index contributed by atoms with van der Waals surface area (Å²) in [6, 6.07) is 11.3. The second kappa shape index (κ2) is 6.99. The minimum absolute atomic E-state index is 0.0316. The quantitative estimate of drug-likeness (QED) is 0.762. The summed E-state index contributed by atoms with van der Waals surface area (Å²) in [6.07, 6.45) is 6.46. The Kier molecular flexibility index (Phi) is 4.46. The molecule has 0 aliphatic heterocycles. The number of carbonyl (C=O) groups is 1. The summed E-state index contributed by atoms with van der Waals surface area (Å²) in [5.41, 5.74) is 1.45. The summed E-state index contributed by atoms with van der Waals surface area (Å²) in [6.45, 7) is 0.908. The minimum atomic E-state index is -0.679. The van der Waals surface area contributed by atoms with E-state index in [4.69, 9.17) is 14.6 Å². The zero-order valence-electron chi connectivity index (χ0n) is 16.0. The molecule has 2 atom stereocenters. The van der Waals surface area contributed by atoms with Gasteiger partial charge in [-0.25, -0.2) is 0 Å². The molecular formula is C22H27N3O3. The molecule has 3 aliphatic rings. The largest absolute Gasteiger partial charge is 0.481 e. The molecule has 3 aliphatic carbocycles. The van der Waals surface area contributed by atoms with E-state index in [2.05, 4.69) is 40.8 Å². The van der Waals surface area contributed by atoms with Crippen LogP contribution >= 0.6 is 0 Å². The fraction of sp³-hybridized carbons (Fsp3) is 0.591. The van der Waals surface area contributed by atoms with Crippen molar-refractivity contribution < 1.29 is 14.4 Å². The number of carboxylic acids is 1. The van der Waals surface area contributed by atoms with Crippen molar-refractivity contribution in [3.63, 3.8) is 0 Å². The van der Waals surface area contributed by atoms with Crippen LogP contribution in [-0.2, 0) is 10.2 Å². The third kappa shape index (κ3) is 3.46. The first-order valence-electron chi connectivity index (χ1n) is 10.5. The van der Waals surface area contributed by atoms with Gasteiger partial charge in [-0.1, -0.05) is 35.5 Å². The van der Waals surface area contributed by atoms with E-state index in [-0.39, 0.29) is 17.3 Å². The van der Waals surface area contributed by atoms with Crippen LogP contribution in [0.25, 0.3) is 0 Å². The number of nitrogens with one attached hydrogen (secondary N) is 1. The van der Waals surface area contributed by atoms with E-state index in [9.17, 15) is 4.79 Å². The van der Waals surface area contributed by atoms with E-state index in [1.807, 2.05) is 0 Å². The van der Waals surface area contributed by atoms with Crippen LogP contribution in [0, 0.1) is 5.92 Å². The van der Waals surface area contributed by atoms with Gasteiger partial charge in [-0.3, -0.25) is 4.79 Å². The standard InChI is InChI=1S/C22H27N3O3/c26-20(27)16-8-6-15(7-9-16)19-24-21(25-28-19)22(10-11-22)13-23-18-12-17(18)14-4-2-1-3-5-14/h1-5,15-18,23H,6-13H2,(H,26,27)/t15?,16?,17-,18+/m1/s1. The maximum absolute atomic E-state index is 11.1. The molecule has 2 N–H and O–H groups in total. The molecule has 3 saturated carbocycles. The summed E-state index contributed by atoms with van der Waals surface area (Å²) < 4.78 is 5.60. The maximum Gasteiger partial charge on any atom is 0.306 e. The Balaban J connectivity index is 1.17. The lowest BCUT2D eigenvalue weighted by Crippen LogP contribution is -2.30. The SMILES string of the molecule is O=C(O)C1CCC(c2nc(C3(CN[C@H]4C[C@@H]4c4ccccc4)CC3)no2)CC1. The van der Waals surface area contributed by atoms with Crippen LogP contribution in [-0.4, -0.2) is 33.8 Å². The van der Waals surface area contributed by atoms with Crippen LogP contribution in [0.2, 0.25) is 0 Å². The monoisotopic (exact) mass is 381 g/mol. The molecule has 0 spiro atoms. The molecular weight excluding hydrogens is 354 g/mol. The van der Waals surface area contributed by atoms with Gasteiger partial charge in [0.15, 0.2) is 5.82 Å². The fourth-order valence-corrected chi connectivity index (χ4v) is 4.65. The van der Waals surface area contributed by atoms with Crippen molar-refractivity contribution >= 4 is 5.97 Å². The molecule has 148 valence electrons. The second-order valence-electron chi connectivity index (χ2n) is 8.86. The third-order valence-electron chi connectivity index (χ3n) is 6.92. The summed E-state index contributed by atoms with van der Waals surface area (Å²) in [4.78, 5) is 15.9. The minimum Gasteiger partial charge on any atom is -0.481 e. The van der Waals surface area contributed by atoms with Crippen molar-refractivity contribution in [1.82, 2.24) is 15.5 Å². The molecule has 0 bridgehead atoms. The first-order valence-corrected chi connectivity index (χ1v) is 10.5. The van der Waals surface area contributed by atoms with Gasteiger partial charge in [0, 0.05) is 29.8 Å². The van der Waals surface area contributed by atoms with Crippen LogP contribution in [0.1, 0.15) is 74.1 Å². The van der Waals surface area contributed by atoms with E-state index in [1.165, 1.54) is 12.0 Å². The molecule has 2 aromatic rings. The molecule has 1 heterocycles. The molecule has 6 nitrogen and oxygen atoms in total. The van der Waals surface area contributed by atoms with Gasteiger partial charge in [0.05, 0.1) is 5.92 Å². The van der Waals surface area contributed by atoms with Crippen molar-refractivity contribution in [2.45, 2.75) is 68.2 Å². The van der Waals surface area contributed by atoms with Gasteiger partial charge in [-0.05, 0) is 50.5 Å². The highest BCUT2D eigenvalue weighted by molar-refractivity contribution is 5.70. The molecule has 5 rings (SSSR count). The number of hydrogen-bond donors (Lipinski definition) is 2. The van der Waals surface area contributed by atoms with Crippen molar-refractivity contribution in [3.8, 4) is 0 Å². The van der Waals surface area contributed by atoms with E-state index in [1.54, 1.807) is 0 Å². The summed E-state index contributed by atoms with van der Waals surface area (Å²) in [5.74, 6) is 1.50. The van der Waals surface area contributed by atoms with E-state index >= 15 is 0 Å². The first-order chi connectivity index (χ1) is 13.6. The molecule has 0 unspecified atom stereocenters. The molecule has 0 amide bonds. The lowest BCUT2D eigenvalue weighted by Gasteiger charge is -2.23. The van der Waals surface area contributed by atoms with E-state index in [0.29, 0.717) is 30.7 Å². The number of aliphatic carboxylic acids is 1. The summed E-state index contributed by atoms with van der Waals surface area (Å²) in [7, 11) is 0. The highest BCUT2D eigenvalue weighted by atomic mass is 16.5. The number of nitrogens with zero attached hydrogens (tertiary/aromatic N) is 2. The van der Waals surface area contributed by atoms with E-state index in [0.717, 1.165) is 38.1 Å². The van der Waals surface area contributed by atoms with Crippen LogP contribution < -0.4 is 5.32 Å². The second-order valence-corrected chi connectivity index (χ2v) is 8.86. The van der Waals surface area contributed by atoms with Crippen LogP contribution in [0.3, 0.4) is 0 Å². The van der Waals surface area contributed by atoms with Gasteiger partial charge in [-0.15, -0.1) is 0 Å².